The predicted octanol–water partition coefficient (Wildman–Crippen LogP) is -0.840. The summed E-state index contributed by atoms with van der Waals surface area (Å²) in [6, 6.07) is 7.26. The van der Waals surface area contributed by atoms with Gasteiger partial charge in [0.25, 0.3) is 5.84 Å². The Morgan fingerprint density at radius 3 is 2.27 bits per heavy atom. The second kappa shape index (κ2) is 3.05. The molecule has 0 fully saturated rings. The fraction of sp³-hybridized carbons (Fsp3) is 0.125. The minimum atomic E-state index is 0.327. The zero-order valence-electron chi connectivity index (χ0n) is 6.37. The molecule has 0 amide bonds. The van der Waals surface area contributed by atoms with E-state index in [-0.39, 0.29) is 0 Å². The van der Waals surface area contributed by atoms with Crippen LogP contribution in [0.25, 0.3) is 0 Å². The van der Waals surface area contributed by atoms with E-state index in [4.69, 9.17) is 15.9 Å². The van der Waals surface area contributed by atoms with Gasteiger partial charge in [0.15, 0.2) is 0 Å². The molecular weight excluding hydrogens is 140 g/mol. The molecular formula is C8H11N2O+. The molecule has 3 heteroatoms. The molecule has 0 radical (unpaired) electrons. The lowest BCUT2D eigenvalue weighted by atomic mass is 10.2. The Hall–Kier alpha value is -1.51. The normalized spacial score (nSPS) is 9.18. The van der Waals surface area contributed by atoms with Crippen LogP contribution in [0.15, 0.2) is 24.3 Å². The number of hydrogen-bond acceptors (Lipinski definition) is 1. The van der Waals surface area contributed by atoms with Gasteiger partial charge in [0.2, 0.25) is 0 Å². The second-order valence-electron chi connectivity index (χ2n) is 2.18. The molecule has 0 atom stereocenters. The molecule has 0 spiro atoms. The maximum absolute atomic E-state index is 5.36. The van der Waals surface area contributed by atoms with Crippen molar-refractivity contribution in [2.45, 2.75) is 0 Å². The van der Waals surface area contributed by atoms with Crippen molar-refractivity contribution < 1.29 is 10.1 Å². The number of benzene rings is 1. The molecule has 1 rings (SSSR count). The van der Waals surface area contributed by atoms with Crippen molar-refractivity contribution in [3.63, 3.8) is 0 Å². The summed E-state index contributed by atoms with van der Waals surface area (Å²) in [5.74, 6) is 1.13. The zero-order chi connectivity index (χ0) is 8.27. The zero-order valence-corrected chi connectivity index (χ0v) is 6.37. The van der Waals surface area contributed by atoms with Gasteiger partial charge in [0.1, 0.15) is 5.75 Å². The maximum atomic E-state index is 5.36. The summed E-state index contributed by atoms with van der Waals surface area (Å²) in [6.45, 7) is 0. The van der Waals surface area contributed by atoms with Crippen LogP contribution in [0, 0.1) is 0 Å². The van der Waals surface area contributed by atoms with Gasteiger partial charge in [-0.2, -0.15) is 0 Å². The van der Waals surface area contributed by atoms with E-state index >= 15 is 0 Å². The lowest BCUT2D eigenvalue weighted by Crippen LogP contribution is -2.46. The summed E-state index contributed by atoms with van der Waals surface area (Å²) in [5, 5.41) is 5.36. The Bertz CT molecular complexity index is 253. The SMILES string of the molecule is COc1ccc(C(N)=[NH2+])cc1. The number of ether oxygens (including phenoxy) is 1. The van der Waals surface area contributed by atoms with Crippen molar-refractivity contribution in [3.8, 4) is 5.75 Å². The Balaban J connectivity index is 2.91. The van der Waals surface area contributed by atoms with Gasteiger partial charge < -0.3 is 4.74 Å². The van der Waals surface area contributed by atoms with Crippen molar-refractivity contribution in [3.05, 3.63) is 29.8 Å². The number of hydrogen-bond donors (Lipinski definition) is 2. The maximum Gasteiger partial charge on any atom is 0.270 e. The van der Waals surface area contributed by atoms with Gasteiger partial charge in [-0.15, -0.1) is 0 Å². The van der Waals surface area contributed by atoms with Gasteiger partial charge in [-0.05, 0) is 24.3 Å². The molecule has 11 heavy (non-hydrogen) atoms. The van der Waals surface area contributed by atoms with E-state index in [1.54, 1.807) is 7.11 Å². The highest BCUT2D eigenvalue weighted by atomic mass is 16.5. The molecule has 4 N–H and O–H groups in total. The molecule has 0 aliphatic rings. The summed E-state index contributed by atoms with van der Waals surface area (Å²) in [7, 11) is 1.62. The first kappa shape index (κ1) is 7.60. The third-order valence-electron chi connectivity index (χ3n) is 1.42. The summed E-state index contributed by atoms with van der Waals surface area (Å²) in [4.78, 5) is 0. The number of amidine groups is 1. The molecule has 0 unspecified atom stereocenters. The van der Waals surface area contributed by atoms with Gasteiger partial charge >= 0.3 is 0 Å². The van der Waals surface area contributed by atoms with Gasteiger partial charge in [-0.25, -0.2) is 0 Å². The van der Waals surface area contributed by atoms with E-state index in [1.165, 1.54) is 0 Å². The van der Waals surface area contributed by atoms with Crippen LogP contribution >= 0.6 is 0 Å². The van der Waals surface area contributed by atoms with Gasteiger partial charge in [0, 0.05) is 0 Å². The second-order valence-corrected chi connectivity index (χ2v) is 2.18. The summed E-state index contributed by atoms with van der Waals surface area (Å²) >= 11 is 0. The van der Waals surface area contributed by atoms with E-state index in [0.29, 0.717) is 5.84 Å². The molecule has 58 valence electrons. The molecule has 0 saturated carbocycles. The average Bonchev–Trinajstić information content (AvgIpc) is 2.05. The van der Waals surface area contributed by atoms with Crippen LogP contribution in [0.2, 0.25) is 0 Å². The quantitative estimate of drug-likeness (QED) is 0.427. The van der Waals surface area contributed by atoms with Gasteiger partial charge in [-0.3, -0.25) is 11.1 Å². The molecule has 1 aromatic rings. The van der Waals surface area contributed by atoms with Gasteiger partial charge in [0.05, 0.1) is 12.7 Å². The third-order valence-corrected chi connectivity index (χ3v) is 1.42. The summed E-state index contributed by atoms with van der Waals surface area (Å²) in [5.41, 5.74) is 6.18. The van der Waals surface area contributed by atoms with Crippen LogP contribution in [0.4, 0.5) is 0 Å². The lowest BCUT2D eigenvalue weighted by Gasteiger charge is -1.98. The molecule has 0 heterocycles. The van der Waals surface area contributed by atoms with Crippen molar-refractivity contribution in [1.29, 1.82) is 0 Å². The van der Waals surface area contributed by atoms with E-state index < -0.39 is 0 Å². The van der Waals surface area contributed by atoms with E-state index in [2.05, 4.69) is 0 Å². The smallest absolute Gasteiger partial charge is 0.270 e. The monoisotopic (exact) mass is 151 g/mol. The molecule has 3 nitrogen and oxygen atoms in total. The largest absolute Gasteiger partial charge is 0.497 e. The first-order valence-corrected chi connectivity index (χ1v) is 3.26. The summed E-state index contributed by atoms with van der Waals surface area (Å²) in [6.07, 6.45) is 0. The van der Waals surface area contributed by atoms with Crippen molar-refractivity contribution in [2.24, 2.45) is 5.73 Å². The van der Waals surface area contributed by atoms with Crippen molar-refractivity contribution >= 4 is 5.84 Å². The highest BCUT2D eigenvalue weighted by molar-refractivity contribution is 5.92. The number of methoxy groups -OCH3 is 1. The Morgan fingerprint density at radius 1 is 1.36 bits per heavy atom. The van der Waals surface area contributed by atoms with Crippen LogP contribution in [0.5, 0.6) is 5.75 Å². The molecule has 0 bridgehead atoms. The van der Waals surface area contributed by atoms with Gasteiger partial charge in [-0.1, -0.05) is 0 Å². The Morgan fingerprint density at radius 2 is 1.91 bits per heavy atom. The topological polar surface area (TPSA) is 60.8 Å². The molecule has 0 aliphatic heterocycles. The first-order chi connectivity index (χ1) is 5.24. The van der Waals surface area contributed by atoms with E-state index in [0.717, 1.165) is 11.3 Å². The number of nitrogens with two attached hydrogens (primary N) is 2. The minimum Gasteiger partial charge on any atom is -0.497 e. The highest BCUT2D eigenvalue weighted by Gasteiger charge is 1.99. The predicted molar refractivity (Wildman–Crippen MR) is 43.2 cm³/mol. The summed E-state index contributed by atoms with van der Waals surface area (Å²) < 4.78 is 4.96. The van der Waals surface area contributed by atoms with Crippen molar-refractivity contribution in [2.75, 3.05) is 7.11 Å². The van der Waals surface area contributed by atoms with Crippen LogP contribution in [0.3, 0.4) is 0 Å². The fourth-order valence-electron chi connectivity index (χ4n) is 0.783. The van der Waals surface area contributed by atoms with Crippen LogP contribution in [-0.2, 0) is 0 Å². The minimum absolute atomic E-state index is 0.327. The molecule has 0 saturated heterocycles. The standard InChI is InChI=1S/C8H10N2O/c1-11-7-4-2-6(3-5-7)8(9)10/h2-5H,1H3,(H3,9,10)/p+1. The molecule has 0 aliphatic carbocycles. The van der Waals surface area contributed by atoms with E-state index in [1.807, 2.05) is 24.3 Å². The van der Waals surface area contributed by atoms with Crippen molar-refractivity contribution in [1.82, 2.24) is 0 Å². The number of rotatable bonds is 2. The lowest BCUT2D eigenvalue weighted by molar-refractivity contribution is -0.114. The van der Waals surface area contributed by atoms with Crippen LogP contribution in [-0.4, -0.2) is 12.9 Å². The average molecular weight is 151 g/mol. The Labute approximate surface area is 65.3 Å². The first-order valence-electron chi connectivity index (χ1n) is 3.26. The molecule has 1 aromatic carbocycles. The highest BCUT2D eigenvalue weighted by Crippen LogP contribution is 2.09. The van der Waals surface area contributed by atoms with Crippen LogP contribution in [0.1, 0.15) is 5.56 Å². The third kappa shape index (κ3) is 1.70. The Kier molecular flexibility index (Phi) is 2.11. The van der Waals surface area contributed by atoms with Crippen LogP contribution < -0.4 is 15.9 Å². The molecule has 0 aromatic heterocycles. The van der Waals surface area contributed by atoms with E-state index in [9.17, 15) is 0 Å². The fourth-order valence-corrected chi connectivity index (χ4v) is 0.783.